The van der Waals surface area contributed by atoms with Crippen molar-refractivity contribution in [1.29, 1.82) is 5.26 Å². The Labute approximate surface area is 177 Å². The zero-order valence-electron chi connectivity index (χ0n) is 16.7. The first-order valence-electron chi connectivity index (χ1n) is 10.4. The van der Waals surface area contributed by atoms with E-state index >= 15 is 0 Å². The van der Waals surface area contributed by atoms with Crippen molar-refractivity contribution in [3.8, 4) is 6.07 Å². The number of nitrogens with zero attached hydrogens (tertiary/aromatic N) is 3. The molecule has 5 rings (SSSR count). The third kappa shape index (κ3) is 3.23. The molecule has 0 amide bonds. The van der Waals surface area contributed by atoms with E-state index in [1.165, 1.54) is 12.1 Å². The largest absolute Gasteiger partial charge is 0.462 e. The Morgan fingerprint density at radius 3 is 2.94 bits per heavy atom. The number of nitrogens with two attached hydrogens (primary N) is 1. The molecule has 0 bridgehead atoms. The van der Waals surface area contributed by atoms with Gasteiger partial charge in [0.2, 0.25) is 0 Å². The fourth-order valence-corrected chi connectivity index (χ4v) is 5.11. The fraction of sp³-hybridized carbons (Fsp3) is 0.435. The predicted molar refractivity (Wildman–Crippen MR) is 107 cm³/mol. The quantitative estimate of drug-likeness (QED) is 0.802. The van der Waals surface area contributed by atoms with Gasteiger partial charge in [0, 0.05) is 29.3 Å². The van der Waals surface area contributed by atoms with Crippen LogP contribution in [-0.4, -0.2) is 23.5 Å². The van der Waals surface area contributed by atoms with Gasteiger partial charge in [0.25, 0.3) is 12.4 Å². The van der Waals surface area contributed by atoms with Crippen LogP contribution in [0.4, 0.5) is 13.2 Å². The number of ether oxygens (including phenoxy) is 1. The van der Waals surface area contributed by atoms with Crippen molar-refractivity contribution in [2.45, 2.75) is 56.1 Å². The van der Waals surface area contributed by atoms with Gasteiger partial charge >= 0.3 is 0 Å². The number of nitriles is 1. The minimum absolute atomic E-state index is 0.0780. The summed E-state index contributed by atoms with van der Waals surface area (Å²) in [5.41, 5.74) is 6.76. The summed E-state index contributed by atoms with van der Waals surface area (Å²) in [5.74, 6) is -1.23. The third-order valence-electron chi connectivity index (χ3n) is 6.66. The monoisotopic (exact) mass is 426 g/mol. The number of amidine groups is 1. The van der Waals surface area contributed by atoms with E-state index in [1.54, 1.807) is 12.3 Å². The topological polar surface area (TPSA) is 84.3 Å². The minimum atomic E-state index is -2.91. The standard InChI is InChI=1S/C23H21F3N4O/c24-18-5-4-12(6-14-2-1-3-15-7-13(10-27)11-29-20(14)15)8-16(18)23(21(25)26)17-9-19(17)31-22(28)30-23/h4-5,7-8,11,14,17,19,21H,1-3,6,9H2,(H2,28,30)/t14-,17-,19+,23+/m0/s1. The second kappa shape index (κ2) is 7.26. The van der Waals surface area contributed by atoms with Crippen LogP contribution < -0.4 is 5.73 Å². The molecule has 0 spiro atoms. The maximum absolute atomic E-state index is 14.9. The van der Waals surface area contributed by atoms with Gasteiger partial charge < -0.3 is 10.5 Å². The Balaban J connectivity index is 1.51. The molecular formula is C23H21F3N4O. The van der Waals surface area contributed by atoms with Crippen molar-refractivity contribution in [3.05, 3.63) is 64.2 Å². The SMILES string of the molecule is N#Cc1cnc2c(c1)CCC[C@H]2Cc1ccc(F)c([C@@]2(C(F)F)N=C(N)O[C@@H]3C[C@@H]32)c1. The number of hydrogen-bond acceptors (Lipinski definition) is 5. The average Bonchev–Trinajstić information content (AvgIpc) is 3.53. The van der Waals surface area contributed by atoms with E-state index in [4.69, 9.17) is 15.7 Å². The first kappa shape index (κ1) is 19.9. The van der Waals surface area contributed by atoms with E-state index in [1.807, 2.05) is 6.07 Å². The number of aromatic nitrogens is 1. The summed E-state index contributed by atoms with van der Waals surface area (Å²) in [5, 5.41) is 9.12. The average molecular weight is 426 g/mol. The summed E-state index contributed by atoms with van der Waals surface area (Å²) in [6.45, 7) is 0. The van der Waals surface area contributed by atoms with Crippen LogP contribution in [0.5, 0.6) is 0 Å². The third-order valence-corrected chi connectivity index (χ3v) is 6.66. The van der Waals surface area contributed by atoms with Gasteiger partial charge in [-0.3, -0.25) is 4.98 Å². The molecule has 2 aromatic rings. The van der Waals surface area contributed by atoms with Crippen LogP contribution in [0.2, 0.25) is 0 Å². The van der Waals surface area contributed by atoms with Crippen LogP contribution in [0.15, 0.2) is 35.5 Å². The maximum Gasteiger partial charge on any atom is 0.283 e. The number of benzene rings is 1. The molecule has 4 atom stereocenters. The first-order chi connectivity index (χ1) is 14.9. The molecule has 1 aromatic heterocycles. The zero-order chi connectivity index (χ0) is 21.8. The smallest absolute Gasteiger partial charge is 0.283 e. The molecule has 5 nitrogen and oxygen atoms in total. The molecule has 0 saturated heterocycles. The van der Waals surface area contributed by atoms with Gasteiger partial charge in [0.05, 0.1) is 5.56 Å². The van der Waals surface area contributed by atoms with Crippen LogP contribution in [0.3, 0.4) is 0 Å². The maximum atomic E-state index is 14.9. The Kier molecular flexibility index (Phi) is 4.65. The molecular weight excluding hydrogens is 405 g/mol. The van der Waals surface area contributed by atoms with Crippen molar-refractivity contribution in [2.24, 2.45) is 16.6 Å². The Morgan fingerprint density at radius 2 is 2.16 bits per heavy atom. The highest BCUT2D eigenvalue weighted by atomic mass is 19.3. The number of pyridine rings is 1. The Hall–Kier alpha value is -3.08. The van der Waals surface area contributed by atoms with Gasteiger partial charge in [-0.15, -0.1) is 0 Å². The van der Waals surface area contributed by atoms with E-state index in [0.29, 0.717) is 18.4 Å². The highest BCUT2D eigenvalue weighted by molar-refractivity contribution is 5.74. The molecule has 1 aromatic carbocycles. The highest BCUT2D eigenvalue weighted by Gasteiger charge is 2.64. The van der Waals surface area contributed by atoms with Crippen molar-refractivity contribution in [3.63, 3.8) is 0 Å². The van der Waals surface area contributed by atoms with E-state index in [9.17, 15) is 13.2 Å². The summed E-state index contributed by atoms with van der Waals surface area (Å²) in [6, 6.07) is 8.04. The summed E-state index contributed by atoms with van der Waals surface area (Å²) >= 11 is 0. The number of alkyl halides is 2. The van der Waals surface area contributed by atoms with Gasteiger partial charge in [-0.2, -0.15) is 5.26 Å². The Morgan fingerprint density at radius 1 is 1.32 bits per heavy atom. The molecule has 160 valence electrons. The molecule has 1 aliphatic heterocycles. The predicted octanol–water partition coefficient (Wildman–Crippen LogP) is 3.95. The van der Waals surface area contributed by atoms with Gasteiger partial charge in [0.15, 0.2) is 5.54 Å². The van der Waals surface area contributed by atoms with Gasteiger partial charge in [-0.25, -0.2) is 18.2 Å². The summed E-state index contributed by atoms with van der Waals surface area (Å²) in [6.07, 6.45) is 1.82. The molecule has 8 heteroatoms. The molecule has 2 N–H and O–H groups in total. The second-order valence-corrected chi connectivity index (χ2v) is 8.56. The molecule has 2 aliphatic carbocycles. The molecule has 1 saturated carbocycles. The number of aliphatic imine (C=N–C) groups is 1. The van der Waals surface area contributed by atoms with Crippen LogP contribution in [0.25, 0.3) is 0 Å². The van der Waals surface area contributed by atoms with Crippen molar-refractivity contribution < 1.29 is 17.9 Å². The van der Waals surface area contributed by atoms with Crippen molar-refractivity contribution >= 4 is 6.02 Å². The van der Waals surface area contributed by atoms with Gasteiger partial charge in [-0.05, 0) is 55.4 Å². The lowest BCUT2D eigenvalue weighted by Gasteiger charge is -2.33. The van der Waals surface area contributed by atoms with Crippen LogP contribution in [0, 0.1) is 23.1 Å². The number of hydrogen-bond donors (Lipinski definition) is 1. The summed E-state index contributed by atoms with van der Waals surface area (Å²) in [4.78, 5) is 8.45. The van der Waals surface area contributed by atoms with E-state index in [-0.39, 0.29) is 17.5 Å². The lowest BCUT2D eigenvalue weighted by atomic mass is 9.80. The number of aryl methyl sites for hydroxylation is 1. The summed E-state index contributed by atoms with van der Waals surface area (Å²) in [7, 11) is 0. The second-order valence-electron chi connectivity index (χ2n) is 8.56. The zero-order valence-corrected chi connectivity index (χ0v) is 16.7. The molecule has 1 fully saturated rings. The minimum Gasteiger partial charge on any atom is -0.462 e. The first-order valence-corrected chi connectivity index (χ1v) is 10.4. The van der Waals surface area contributed by atoms with Crippen LogP contribution in [-0.2, 0) is 23.1 Å². The highest BCUT2D eigenvalue weighted by Crippen LogP contribution is 2.56. The normalized spacial score (nSPS) is 28.7. The van der Waals surface area contributed by atoms with Crippen LogP contribution >= 0.6 is 0 Å². The van der Waals surface area contributed by atoms with E-state index in [0.717, 1.165) is 36.1 Å². The van der Waals surface area contributed by atoms with Crippen LogP contribution in [0.1, 0.15) is 53.1 Å². The number of halogens is 3. The van der Waals surface area contributed by atoms with Crippen molar-refractivity contribution in [2.75, 3.05) is 0 Å². The fourth-order valence-electron chi connectivity index (χ4n) is 5.11. The van der Waals surface area contributed by atoms with E-state index < -0.39 is 29.8 Å². The summed E-state index contributed by atoms with van der Waals surface area (Å²) < 4.78 is 48.8. The molecule has 0 unspecified atom stereocenters. The number of rotatable bonds is 4. The van der Waals surface area contributed by atoms with Gasteiger partial charge in [-0.1, -0.05) is 12.1 Å². The van der Waals surface area contributed by atoms with E-state index in [2.05, 4.69) is 16.0 Å². The Bertz CT molecular complexity index is 1110. The van der Waals surface area contributed by atoms with Gasteiger partial charge in [0.1, 0.15) is 18.0 Å². The number of fused-ring (bicyclic) bond motifs is 2. The molecule has 31 heavy (non-hydrogen) atoms. The molecule has 2 heterocycles. The lowest BCUT2D eigenvalue weighted by Crippen LogP contribution is -2.43. The van der Waals surface area contributed by atoms with Crippen molar-refractivity contribution in [1.82, 2.24) is 4.98 Å². The lowest BCUT2D eigenvalue weighted by molar-refractivity contribution is 0.0176. The molecule has 0 radical (unpaired) electrons. The molecule has 3 aliphatic rings.